The molecule has 2 aromatic carbocycles. The Balaban J connectivity index is 0.00000274. The van der Waals surface area contributed by atoms with Gasteiger partial charge in [0.15, 0.2) is 0 Å². The van der Waals surface area contributed by atoms with Gasteiger partial charge in [0, 0.05) is 25.2 Å². The zero-order chi connectivity index (χ0) is 22.6. The molecule has 34 heavy (non-hydrogen) atoms. The molecule has 2 N–H and O–H groups in total. The molecule has 2 aromatic heterocycles. The number of fused-ring (bicyclic) bond motifs is 1. The molecule has 1 aliphatic rings. The maximum absolute atomic E-state index is 12.8. The highest BCUT2D eigenvalue weighted by Crippen LogP contribution is 2.25. The predicted molar refractivity (Wildman–Crippen MR) is 140 cm³/mol. The van der Waals surface area contributed by atoms with Gasteiger partial charge in [-0.25, -0.2) is 0 Å². The summed E-state index contributed by atoms with van der Waals surface area (Å²) < 4.78 is 14.9. The van der Waals surface area contributed by atoms with Crippen molar-refractivity contribution in [2.45, 2.75) is 13.0 Å². The number of hydrogen-bond donors (Lipinski definition) is 2. The number of ether oxygens (including phenoxy) is 2. The Bertz CT molecular complexity index is 1250. The number of carbonyl (C=O) groups is 1. The van der Waals surface area contributed by atoms with Crippen molar-refractivity contribution in [3.63, 3.8) is 0 Å². The number of aromatic nitrogens is 1. The van der Waals surface area contributed by atoms with Gasteiger partial charge in [0.05, 0.1) is 16.8 Å². The molecule has 6 nitrogen and oxygen atoms in total. The summed E-state index contributed by atoms with van der Waals surface area (Å²) in [5.41, 5.74) is 3.44. The van der Waals surface area contributed by atoms with Crippen LogP contribution in [0, 0.1) is 5.92 Å². The number of aryl methyl sites for hydroxylation is 1. The standard InChI is InChI=1S/C26H27N3O3S.ClH/c1-29-23-10-12-33-25(23)14-24(29)26(30)28-20-4-2-3-18(13-20)16-31-21-5-7-22(8-6-21)32-17-19-9-11-27-15-19;/h2-8,10,12-14,19,27H,9,11,15-17H2,1H3,(H,28,30);1H. The molecule has 4 aromatic rings. The minimum atomic E-state index is -0.122. The molecular weight excluding hydrogens is 470 g/mol. The van der Waals surface area contributed by atoms with Crippen molar-refractivity contribution in [3.8, 4) is 11.5 Å². The molecule has 1 unspecified atom stereocenters. The molecule has 0 bridgehead atoms. The normalized spacial score (nSPS) is 15.1. The van der Waals surface area contributed by atoms with Gasteiger partial charge in [-0.2, -0.15) is 0 Å². The van der Waals surface area contributed by atoms with Crippen LogP contribution in [0.25, 0.3) is 10.2 Å². The first-order valence-corrected chi connectivity index (χ1v) is 12.0. The van der Waals surface area contributed by atoms with Crippen LogP contribution in [-0.2, 0) is 13.7 Å². The molecule has 0 saturated carbocycles. The Morgan fingerprint density at radius 3 is 2.65 bits per heavy atom. The number of nitrogens with one attached hydrogen (secondary N) is 2. The summed E-state index contributed by atoms with van der Waals surface area (Å²) in [4.78, 5) is 12.8. The molecule has 1 aliphatic heterocycles. The average molecular weight is 498 g/mol. The van der Waals surface area contributed by atoms with E-state index in [0.29, 0.717) is 18.2 Å². The van der Waals surface area contributed by atoms with Crippen molar-refractivity contribution < 1.29 is 14.3 Å². The Morgan fingerprint density at radius 1 is 1.12 bits per heavy atom. The van der Waals surface area contributed by atoms with E-state index in [1.165, 1.54) is 6.42 Å². The van der Waals surface area contributed by atoms with E-state index < -0.39 is 0 Å². The summed E-state index contributed by atoms with van der Waals surface area (Å²) in [6.07, 6.45) is 1.17. The van der Waals surface area contributed by atoms with Crippen LogP contribution in [0.5, 0.6) is 11.5 Å². The molecule has 0 aliphatic carbocycles. The smallest absolute Gasteiger partial charge is 0.272 e. The maximum atomic E-state index is 12.8. The van der Waals surface area contributed by atoms with E-state index in [1.807, 2.05) is 77.7 Å². The van der Waals surface area contributed by atoms with E-state index in [1.54, 1.807) is 11.3 Å². The third-order valence-corrected chi connectivity index (χ3v) is 6.81. The summed E-state index contributed by atoms with van der Waals surface area (Å²) in [6, 6.07) is 19.4. The fourth-order valence-electron chi connectivity index (χ4n) is 4.07. The van der Waals surface area contributed by atoms with E-state index in [4.69, 9.17) is 9.47 Å². The Kier molecular flexibility index (Phi) is 7.77. The van der Waals surface area contributed by atoms with Crippen LogP contribution in [0.1, 0.15) is 22.5 Å². The van der Waals surface area contributed by atoms with Crippen LogP contribution in [0.2, 0.25) is 0 Å². The second-order valence-electron chi connectivity index (χ2n) is 8.34. The second kappa shape index (κ2) is 11.0. The van der Waals surface area contributed by atoms with Gasteiger partial charge in [0.25, 0.3) is 5.91 Å². The second-order valence-corrected chi connectivity index (χ2v) is 9.29. The number of hydrogen-bond acceptors (Lipinski definition) is 5. The van der Waals surface area contributed by atoms with E-state index in [0.717, 1.165) is 52.7 Å². The first-order valence-electron chi connectivity index (χ1n) is 11.2. The first kappa shape index (κ1) is 24.1. The topological polar surface area (TPSA) is 64.5 Å². The highest BCUT2D eigenvalue weighted by molar-refractivity contribution is 7.17. The minimum absolute atomic E-state index is 0. The molecule has 3 heterocycles. The molecule has 5 rings (SSSR count). The van der Waals surface area contributed by atoms with E-state index in [-0.39, 0.29) is 18.3 Å². The van der Waals surface area contributed by atoms with Gasteiger partial charge in [-0.3, -0.25) is 4.79 Å². The Hall–Kier alpha value is -3.00. The molecule has 1 atom stereocenters. The highest BCUT2D eigenvalue weighted by atomic mass is 35.5. The third-order valence-electron chi connectivity index (χ3n) is 5.96. The van der Waals surface area contributed by atoms with Crippen LogP contribution >= 0.6 is 23.7 Å². The number of rotatable bonds is 8. The first-order chi connectivity index (χ1) is 16.2. The number of carbonyl (C=O) groups excluding carboxylic acids is 1. The third kappa shape index (κ3) is 5.55. The fraction of sp³-hybridized carbons (Fsp3) is 0.269. The monoisotopic (exact) mass is 497 g/mol. The molecule has 1 fully saturated rings. The molecule has 178 valence electrons. The maximum Gasteiger partial charge on any atom is 0.272 e. The lowest BCUT2D eigenvalue weighted by Gasteiger charge is -2.12. The summed E-state index contributed by atoms with van der Waals surface area (Å²) in [5, 5.41) is 8.39. The van der Waals surface area contributed by atoms with Crippen molar-refractivity contribution in [1.29, 1.82) is 0 Å². The van der Waals surface area contributed by atoms with Crippen LogP contribution < -0.4 is 20.1 Å². The van der Waals surface area contributed by atoms with Crippen LogP contribution in [-0.4, -0.2) is 30.2 Å². The number of thiophene rings is 1. The molecule has 0 radical (unpaired) electrons. The lowest BCUT2D eigenvalue weighted by Crippen LogP contribution is -2.15. The predicted octanol–water partition coefficient (Wildman–Crippen LogP) is 5.48. The van der Waals surface area contributed by atoms with E-state index >= 15 is 0 Å². The van der Waals surface area contributed by atoms with Gasteiger partial charge in [-0.15, -0.1) is 23.7 Å². The summed E-state index contributed by atoms with van der Waals surface area (Å²) in [6.45, 7) is 3.27. The van der Waals surface area contributed by atoms with Gasteiger partial charge in [0.1, 0.15) is 23.8 Å². The largest absolute Gasteiger partial charge is 0.493 e. The van der Waals surface area contributed by atoms with Gasteiger partial charge in [0.2, 0.25) is 0 Å². The van der Waals surface area contributed by atoms with Gasteiger partial charge in [-0.05, 0) is 72.4 Å². The number of halogens is 1. The van der Waals surface area contributed by atoms with Crippen molar-refractivity contribution in [1.82, 2.24) is 9.88 Å². The highest BCUT2D eigenvalue weighted by Gasteiger charge is 2.15. The minimum Gasteiger partial charge on any atom is -0.493 e. The summed E-state index contributed by atoms with van der Waals surface area (Å²) >= 11 is 1.63. The molecular formula is C26H28ClN3O3S. The lowest BCUT2D eigenvalue weighted by molar-refractivity contribution is 0.101. The number of nitrogens with zero attached hydrogens (tertiary/aromatic N) is 1. The van der Waals surface area contributed by atoms with Crippen LogP contribution in [0.15, 0.2) is 66.0 Å². The molecule has 1 saturated heterocycles. The number of anilines is 1. The average Bonchev–Trinajstić information content (AvgIpc) is 3.57. The van der Waals surface area contributed by atoms with Gasteiger partial charge in [-0.1, -0.05) is 12.1 Å². The van der Waals surface area contributed by atoms with Crippen molar-refractivity contribution >= 4 is 45.6 Å². The van der Waals surface area contributed by atoms with Gasteiger partial charge >= 0.3 is 0 Å². The molecule has 1 amide bonds. The van der Waals surface area contributed by atoms with Crippen LogP contribution in [0.3, 0.4) is 0 Å². The summed E-state index contributed by atoms with van der Waals surface area (Å²) in [7, 11) is 1.91. The zero-order valence-corrected chi connectivity index (χ0v) is 20.6. The Labute approximate surface area is 209 Å². The fourth-order valence-corrected chi connectivity index (χ4v) is 4.92. The van der Waals surface area contributed by atoms with Crippen molar-refractivity contribution in [2.75, 3.05) is 25.0 Å². The molecule has 0 spiro atoms. The Morgan fingerprint density at radius 2 is 1.91 bits per heavy atom. The van der Waals surface area contributed by atoms with E-state index in [2.05, 4.69) is 10.6 Å². The molecule has 8 heteroatoms. The van der Waals surface area contributed by atoms with Crippen molar-refractivity contribution in [2.24, 2.45) is 13.0 Å². The SMILES string of the molecule is Cl.Cn1c(C(=O)Nc2cccc(COc3ccc(OCC4CCNC4)cc3)c2)cc2sccc21. The zero-order valence-electron chi connectivity index (χ0n) is 19.0. The van der Waals surface area contributed by atoms with Crippen LogP contribution in [0.4, 0.5) is 5.69 Å². The number of benzene rings is 2. The van der Waals surface area contributed by atoms with E-state index in [9.17, 15) is 4.79 Å². The van der Waals surface area contributed by atoms with Gasteiger partial charge < -0.3 is 24.7 Å². The summed E-state index contributed by atoms with van der Waals surface area (Å²) in [5.74, 6) is 2.11. The van der Waals surface area contributed by atoms with Crippen molar-refractivity contribution in [3.05, 3.63) is 77.3 Å². The lowest BCUT2D eigenvalue weighted by atomic mass is 10.1. The number of amides is 1. The quantitative estimate of drug-likeness (QED) is 0.338.